The fourth-order valence-corrected chi connectivity index (χ4v) is 4.04. The maximum Gasteiger partial charge on any atom is 0.224 e. The summed E-state index contributed by atoms with van der Waals surface area (Å²) in [5.41, 5.74) is 1.69. The predicted molar refractivity (Wildman–Crippen MR) is 95.9 cm³/mol. The molecule has 132 valence electrons. The summed E-state index contributed by atoms with van der Waals surface area (Å²) >= 11 is 1.69. The van der Waals surface area contributed by atoms with Crippen molar-refractivity contribution in [2.45, 2.75) is 23.8 Å². The van der Waals surface area contributed by atoms with Crippen LogP contribution in [-0.4, -0.2) is 25.9 Å². The van der Waals surface area contributed by atoms with Gasteiger partial charge in [-0.15, -0.1) is 11.8 Å². The number of carbonyl (C=O) groups excluding carboxylic acids is 1. The highest BCUT2D eigenvalue weighted by molar-refractivity contribution is 7.99. The molecule has 0 aromatic heterocycles. The minimum Gasteiger partial charge on any atom is -0.493 e. The highest BCUT2D eigenvalue weighted by Crippen LogP contribution is 2.36. The van der Waals surface area contributed by atoms with E-state index >= 15 is 0 Å². The number of methoxy groups -OCH3 is 2. The molecule has 1 unspecified atom stereocenters. The van der Waals surface area contributed by atoms with Crippen LogP contribution in [0.15, 0.2) is 41.3 Å². The fourth-order valence-electron chi connectivity index (χ4n) is 2.94. The number of halogens is 1. The van der Waals surface area contributed by atoms with Crippen molar-refractivity contribution >= 4 is 17.7 Å². The van der Waals surface area contributed by atoms with Crippen LogP contribution in [0.4, 0.5) is 4.39 Å². The number of ether oxygens (including phenoxy) is 2. The molecular weight excluding hydrogens is 341 g/mol. The third-order valence-corrected chi connectivity index (χ3v) is 5.28. The Bertz CT molecular complexity index is 781. The number of benzene rings is 2. The molecule has 0 saturated heterocycles. The Balaban J connectivity index is 1.71. The zero-order valence-electron chi connectivity index (χ0n) is 14.2. The van der Waals surface area contributed by atoms with Gasteiger partial charge in [-0.25, -0.2) is 4.39 Å². The molecule has 1 amide bonds. The van der Waals surface area contributed by atoms with Crippen LogP contribution in [0.1, 0.15) is 23.6 Å². The average molecular weight is 361 g/mol. The lowest BCUT2D eigenvalue weighted by atomic mass is 10.0. The Hall–Kier alpha value is -2.21. The lowest BCUT2D eigenvalue weighted by molar-refractivity contribution is -0.121. The van der Waals surface area contributed by atoms with Crippen LogP contribution in [-0.2, 0) is 11.2 Å². The highest BCUT2D eigenvalue weighted by Gasteiger charge is 2.23. The normalized spacial score (nSPS) is 16.0. The number of carbonyl (C=O) groups is 1. The Morgan fingerprint density at radius 1 is 1.20 bits per heavy atom. The van der Waals surface area contributed by atoms with E-state index in [9.17, 15) is 9.18 Å². The van der Waals surface area contributed by atoms with Crippen molar-refractivity contribution in [2.75, 3.05) is 20.0 Å². The molecule has 2 aromatic rings. The van der Waals surface area contributed by atoms with E-state index in [4.69, 9.17) is 9.47 Å². The molecule has 6 heteroatoms. The van der Waals surface area contributed by atoms with Crippen molar-refractivity contribution in [3.8, 4) is 11.5 Å². The molecule has 25 heavy (non-hydrogen) atoms. The van der Waals surface area contributed by atoms with Crippen LogP contribution < -0.4 is 14.8 Å². The second kappa shape index (κ2) is 7.78. The predicted octanol–water partition coefficient (Wildman–Crippen LogP) is 3.74. The van der Waals surface area contributed by atoms with E-state index in [1.807, 2.05) is 6.07 Å². The molecule has 0 radical (unpaired) electrons. The van der Waals surface area contributed by atoms with Gasteiger partial charge in [-0.05, 0) is 47.9 Å². The molecule has 1 aliphatic rings. The molecule has 1 heterocycles. The highest BCUT2D eigenvalue weighted by atomic mass is 32.2. The summed E-state index contributed by atoms with van der Waals surface area (Å²) in [6.07, 6.45) is 1.02. The molecule has 1 aliphatic heterocycles. The lowest BCUT2D eigenvalue weighted by Crippen LogP contribution is -2.31. The first-order chi connectivity index (χ1) is 12.1. The third-order valence-electron chi connectivity index (χ3n) is 4.16. The summed E-state index contributed by atoms with van der Waals surface area (Å²) in [5, 5.41) is 3.03. The molecule has 0 aliphatic carbocycles. The van der Waals surface area contributed by atoms with Crippen molar-refractivity contribution < 1.29 is 18.7 Å². The van der Waals surface area contributed by atoms with Gasteiger partial charge in [-0.1, -0.05) is 6.07 Å². The molecular formula is C19H20FNO3S. The minimum atomic E-state index is -0.277. The third kappa shape index (κ3) is 4.07. The molecule has 2 aromatic carbocycles. The van der Waals surface area contributed by atoms with Crippen LogP contribution in [0.25, 0.3) is 0 Å². The van der Waals surface area contributed by atoms with Gasteiger partial charge in [0.15, 0.2) is 11.5 Å². The fraction of sp³-hybridized carbons (Fsp3) is 0.316. The summed E-state index contributed by atoms with van der Waals surface area (Å²) < 4.78 is 24.0. The summed E-state index contributed by atoms with van der Waals surface area (Å²) in [5.74, 6) is 1.74. The van der Waals surface area contributed by atoms with Gasteiger partial charge in [-0.3, -0.25) is 4.79 Å². The number of fused-ring (bicyclic) bond motifs is 1. The topological polar surface area (TPSA) is 47.6 Å². The van der Waals surface area contributed by atoms with Crippen LogP contribution in [0.3, 0.4) is 0 Å². The van der Waals surface area contributed by atoms with E-state index in [1.54, 1.807) is 44.2 Å². The molecule has 0 spiro atoms. The van der Waals surface area contributed by atoms with Gasteiger partial charge in [0.1, 0.15) is 5.82 Å². The lowest BCUT2D eigenvalue weighted by Gasteiger charge is -2.26. The Kier molecular flexibility index (Phi) is 5.48. The molecule has 0 bridgehead atoms. The summed E-state index contributed by atoms with van der Waals surface area (Å²) in [4.78, 5) is 13.5. The maximum absolute atomic E-state index is 13.6. The van der Waals surface area contributed by atoms with Crippen molar-refractivity contribution in [3.63, 3.8) is 0 Å². The van der Waals surface area contributed by atoms with Crippen LogP contribution >= 0.6 is 11.8 Å². The average Bonchev–Trinajstić information content (AvgIpc) is 2.62. The van der Waals surface area contributed by atoms with Crippen LogP contribution in [0.2, 0.25) is 0 Å². The molecule has 1 N–H and O–H groups in total. The monoisotopic (exact) mass is 361 g/mol. The summed E-state index contributed by atoms with van der Waals surface area (Å²) in [6.45, 7) is 0. The van der Waals surface area contributed by atoms with Gasteiger partial charge in [0.25, 0.3) is 0 Å². The van der Waals surface area contributed by atoms with Crippen LogP contribution in [0.5, 0.6) is 11.5 Å². The SMILES string of the molecule is COc1ccc(CC(=O)NC2CCSc3ccc(F)cc32)cc1OC. The second-order valence-corrected chi connectivity index (χ2v) is 6.94. The van der Waals surface area contributed by atoms with E-state index in [0.29, 0.717) is 11.5 Å². The maximum atomic E-state index is 13.6. The van der Waals surface area contributed by atoms with Gasteiger partial charge in [0.05, 0.1) is 26.7 Å². The molecule has 0 saturated carbocycles. The number of rotatable bonds is 5. The second-order valence-electron chi connectivity index (χ2n) is 5.81. The van der Waals surface area contributed by atoms with E-state index < -0.39 is 0 Å². The number of hydrogen-bond acceptors (Lipinski definition) is 4. The Morgan fingerprint density at radius 3 is 2.76 bits per heavy atom. The van der Waals surface area contributed by atoms with E-state index in [0.717, 1.165) is 28.2 Å². The first-order valence-electron chi connectivity index (χ1n) is 8.03. The summed E-state index contributed by atoms with van der Waals surface area (Å²) in [6, 6.07) is 10.0. The quantitative estimate of drug-likeness (QED) is 0.881. The molecule has 0 fully saturated rings. The molecule has 1 atom stereocenters. The van der Waals surface area contributed by atoms with Gasteiger partial charge in [0, 0.05) is 10.6 Å². The zero-order valence-corrected chi connectivity index (χ0v) is 15.0. The van der Waals surface area contributed by atoms with Crippen molar-refractivity contribution in [1.29, 1.82) is 0 Å². The first-order valence-corrected chi connectivity index (χ1v) is 9.02. The van der Waals surface area contributed by atoms with Gasteiger partial charge in [0.2, 0.25) is 5.91 Å². The van der Waals surface area contributed by atoms with Crippen molar-refractivity contribution in [2.24, 2.45) is 0 Å². The first kappa shape index (κ1) is 17.6. The van der Waals surface area contributed by atoms with Gasteiger partial charge in [-0.2, -0.15) is 0 Å². The standard InChI is InChI=1S/C19H20FNO3S/c1-23-16-5-3-12(9-17(16)24-2)10-19(22)21-15-7-8-25-18-6-4-13(20)11-14(15)18/h3-6,9,11,15H,7-8,10H2,1-2H3,(H,21,22). The minimum absolute atomic E-state index is 0.0978. The van der Waals surface area contributed by atoms with Crippen LogP contribution in [0, 0.1) is 5.82 Å². The Labute approximate surface area is 150 Å². The largest absolute Gasteiger partial charge is 0.493 e. The van der Waals surface area contributed by atoms with E-state index in [1.165, 1.54) is 12.1 Å². The Morgan fingerprint density at radius 2 is 2.00 bits per heavy atom. The van der Waals surface area contributed by atoms with Crippen molar-refractivity contribution in [3.05, 3.63) is 53.3 Å². The smallest absolute Gasteiger partial charge is 0.224 e. The van der Waals surface area contributed by atoms with Gasteiger partial charge >= 0.3 is 0 Å². The number of thioether (sulfide) groups is 1. The van der Waals surface area contributed by atoms with E-state index in [-0.39, 0.29) is 24.2 Å². The van der Waals surface area contributed by atoms with Gasteiger partial charge < -0.3 is 14.8 Å². The molecule has 4 nitrogen and oxygen atoms in total. The molecule has 3 rings (SSSR count). The van der Waals surface area contributed by atoms with Crippen molar-refractivity contribution in [1.82, 2.24) is 5.32 Å². The number of hydrogen-bond donors (Lipinski definition) is 1. The zero-order chi connectivity index (χ0) is 17.8. The number of nitrogens with one attached hydrogen (secondary N) is 1. The summed E-state index contributed by atoms with van der Waals surface area (Å²) in [7, 11) is 3.13. The number of amides is 1. The van der Waals surface area contributed by atoms with E-state index in [2.05, 4.69) is 5.32 Å².